The normalized spacial score (nSPS) is 19.7. The van der Waals surface area contributed by atoms with Gasteiger partial charge in [-0.05, 0) is 12.8 Å². The van der Waals surface area contributed by atoms with E-state index in [1.165, 1.54) is 0 Å². The first-order chi connectivity index (χ1) is 8.70. The van der Waals surface area contributed by atoms with Gasteiger partial charge in [-0.3, -0.25) is 9.59 Å². The van der Waals surface area contributed by atoms with Crippen molar-refractivity contribution in [2.75, 3.05) is 32.2 Å². The minimum atomic E-state index is -0.492. The van der Waals surface area contributed by atoms with Crippen LogP contribution < -0.4 is 5.32 Å². The summed E-state index contributed by atoms with van der Waals surface area (Å²) >= 11 is 5.58. The van der Waals surface area contributed by atoms with Gasteiger partial charge >= 0.3 is 0 Å². The number of halogens is 1. The first-order valence-corrected chi connectivity index (χ1v) is 6.95. The molecular weight excluding hydrogens is 256 g/mol. The Morgan fingerprint density at radius 1 is 1.50 bits per heavy atom. The van der Waals surface area contributed by atoms with Crippen LogP contribution in [0.3, 0.4) is 0 Å². The van der Waals surface area contributed by atoms with E-state index in [4.69, 9.17) is 16.3 Å². The smallest absolute Gasteiger partial charge is 0.245 e. The number of hydrogen-bond acceptors (Lipinski definition) is 3. The van der Waals surface area contributed by atoms with Crippen LogP contribution in [0, 0.1) is 0 Å². The Morgan fingerprint density at radius 3 is 2.94 bits per heavy atom. The third-order valence-electron chi connectivity index (χ3n) is 2.82. The number of nitrogens with one attached hydrogen (secondary N) is 1. The maximum absolute atomic E-state index is 12.0. The number of carbonyl (C=O) groups is 2. The van der Waals surface area contributed by atoms with E-state index in [0.29, 0.717) is 38.4 Å². The van der Waals surface area contributed by atoms with Crippen molar-refractivity contribution < 1.29 is 14.3 Å². The fourth-order valence-corrected chi connectivity index (χ4v) is 1.98. The summed E-state index contributed by atoms with van der Waals surface area (Å²) in [5.74, 6) is 0.314. The molecule has 0 spiro atoms. The van der Waals surface area contributed by atoms with Gasteiger partial charge in [-0.25, -0.2) is 0 Å². The van der Waals surface area contributed by atoms with E-state index in [-0.39, 0.29) is 18.4 Å². The fraction of sp³-hybridized carbons (Fsp3) is 0.833. The zero-order chi connectivity index (χ0) is 13.4. The van der Waals surface area contributed by atoms with Gasteiger partial charge in [0.25, 0.3) is 0 Å². The van der Waals surface area contributed by atoms with Gasteiger partial charge in [0.1, 0.15) is 6.04 Å². The van der Waals surface area contributed by atoms with Gasteiger partial charge in [0.2, 0.25) is 11.8 Å². The second kappa shape index (κ2) is 8.32. The van der Waals surface area contributed by atoms with Crippen LogP contribution in [0.5, 0.6) is 0 Å². The third kappa shape index (κ3) is 4.46. The zero-order valence-electron chi connectivity index (χ0n) is 10.8. The summed E-state index contributed by atoms with van der Waals surface area (Å²) in [5, 5.41) is 2.80. The summed E-state index contributed by atoms with van der Waals surface area (Å²) in [7, 11) is 0. The number of morpholine rings is 1. The number of alkyl halides is 1. The van der Waals surface area contributed by atoms with Crippen molar-refractivity contribution in [1.82, 2.24) is 10.2 Å². The van der Waals surface area contributed by atoms with Gasteiger partial charge in [0, 0.05) is 25.4 Å². The number of hydrogen-bond donors (Lipinski definition) is 1. The molecule has 1 rings (SSSR count). The molecular formula is C12H21ClN2O3. The summed E-state index contributed by atoms with van der Waals surface area (Å²) < 4.78 is 5.29. The van der Waals surface area contributed by atoms with E-state index < -0.39 is 6.04 Å². The third-order valence-corrected chi connectivity index (χ3v) is 3.09. The molecule has 18 heavy (non-hydrogen) atoms. The molecule has 5 nitrogen and oxygen atoms in total. The lowest BCUT2D eigenvalue weighted by Gasteiger charge is -2.34. The van der Waals surface area contributed by atoms with E-state index in [9.17, 15) is 9.59 Å². The number of rotatable bonds is 6. The molecule has 104 valence electrons. The van der Waals surface area contributed by atoms with Crippen molar-refractivity contribution in [2.45, 2.75) is 32.2 Å². The lowest BCUT2D eigenvalue weighted by atomic mass is 10.1. The van der Waals surface area contributed by atoms with Crippen LogP contribution >= 0.6 is 11.6 Å². The van der Waals surface area contributed by atoms with Gasteiger partial charge in [0.05, 0.1) is 13.2 Å². The Labute approximate surface area is 113 Å². The van der Waals surface area contributed by atoms with Crippen LogP contribution in [0.2, 0.25) is 0 Å². The van der Waals surface area contributed by atoms with Gasteiger partial charge in [-0.15, -0.1) is 11.6 Å². The van der Waals surface area contributed by atoms with Gasteiger partial charge in [-0.1, -0.05) is 6.92 Å². The van der Waals surface area contributed by atoms with Gasteiger partial charge in [-0.2, -0.15) is 0 Å². The SMILES string of the molecule is CCCNC(=O)C1COCCN1C(=O)CCCCl. The number of amides is 2. The standard InChI is InChI=1S/C12H21ClN2O3/c1-2-6-14-12(17)10-9-18-8-7-15(10)11(16)4-3-5-13/h10H,2-9H2,1H3,(H,14,17). The molecule has 0 radical (unpaired) electrons. The molecule has 1 saturated heterocycles. The van der Waals surface area contributed by atoms with Crippen molar-refractivity contribution >= 4 is 23.4 Å². The zero-order valence-corrected chi connectivity index (χ0v) is 11.5. The van der Waals surface area contributed by atoms with E-state index in [2.05, 4.69) is 5.32 Å². The predicted molar refractivity (Wildman–Crippen MR) is 69.6 cm³/mol. The highest BCUT2D eigenvalue weighted by Gasteiger charge is 2.32. The summed E-state index contributed by atoms with van der Waals surface area (Å²) in [6.45, 7) is 3.86. The lowest BCUT2D eigenvalue weighted by molar-refractivity contribution is -0.148. The number of carbonyl (C=O) groups excluding carboxylic acids is 2. The first kappa shape index (κ1) is 15.2. The Kier molecular flexibility index (Phi) is 7.05. The van der Waals surface area contributed by atoms with Crippen molar-refractivity contribution in [1.29, 1.82) is 0 Å². The quantitative estimate of drug-likeness (QED) is 0.729. The highest BCUT2D eigenvalue weighted by molar-refractivity contribution is 6.17. The summed E-state index contributed by atoms with van der Waals surface area (Å²) in [4.78, 5) is 25.5. The summed E-state index contributed by atoms with van der Waals surface area (Å²) in [5.41, 5.74) is 0. The summed E-state index contributed by atoms with van der Waals surface area (Å²) in [6, 6.07) is -0.492. The fourth-order valence-electron chi connectivity index (χ4n) is 1.85. The molecule has 0 saturated carbocycles. The first-order valence-electron chi connectivity index (χ1n) is 6.41. The molecule has 1 unspecified atom stereocenters. The molecule has 1 N–H and O–H groups in total. The maximum Gasteiger partial charge on any atom is 0.245 e. The topological polar surface area (TPSA) is 58.6 Å². The number of nitrogens with zero attached hydrogens (tertiary/aromatic N) is 1. The van der Waals surface area contributed by atoms with Crippen LogP contribution in [-0.2, 0) is 14.3 Å². The Bertz CT molecular complexity index is 258. The Morgan fingerprint density at radius 2 is 2.28 bits per heavy atom. The molecule has 0 aromatic heterocycles. The van der Waals surface area contributed by atoms with Crippen molar-refractivity contribution in [3.63, 3.8) is 0 Å². The predicted octanol–water partition coefficient (Wildman–Crippen LogP) is 0.759. The number of ether oxygens (including phenoxy) is 1. The molecule has 1 heterocycles. The monoisotopic (exact) mass is 276 g/mol. The van der Waals surface area contributed by atoms with Crippen LogP contribution in [0.15, 0.2) is 0 Å². The molecule has 1 atom stereocenters. The molecule has 2 amide bonds. The molecule has 1 aliphatic heterocycles. The molecule has 0 bridgehead atoms. The molecule has 0 aromatic rings. The van der Waals surface area contributed by atoms with Crippen molar-refractivity contribution in [3.05, 3.63) is 0 Å². The molecule has 6 heteroatoms. The summed E-state index contributed by atoms with van der Waals surface area (Å²) in [6.07, 6.45) is 1.90. The van der Waals surface area contributed by atoms with Crippen LogP contribution in [0.1, 0.15) is 26.2 Å². The maximum atomic E-state index is 12.0. The minimum absolute atomic E-state index is 0.0180. The Hall–Kier alpha value is -0.810. The van der Waals surface area contributed by atoms with Crippen molar-refractivity contribution in [3.8, 4) is 0 Å². The van der Waals surface area contributed by atoms with E-state index >= 15 is 0 Å². The van der Waals surface area contributed by atoms with Crippen molar-refractivity contribution in [2.24, 2.45) is 0 Å². The van der Waals surface area contributed by atoms with Gasteiger partial charge in [0.15, 0.2) is 0 Å². The average molecular weight is 277 g/mol. The highest BCUT2D eigenvalue weighted by Crippen LogP contribution is 2.10. The Balaban J connectivity index is 2.55. The molecule has 1 aliphatic rings. The second-order valence-electron chi connectivity index (χ2n) is 4.26. The molecule has 1 fully saturated rings. The van der Waals surface area contributed by atoms with Crippen LogP contribution in [0.4, 0.5) is 0 Å². The van der Waals surface area contributed by atoms with E-state index in [0.717, 1.165) is 6.42 Å². The largest absolute Gasteiger partial charge is 0.377 e. The molecule has 0 aliphatic carbocycles. The van der Waals surface area contributed by atoms with Crippen LogP contribution in [0.25, 0.3) is 0 Å². The van der Waals surface area contributed by atoms with Crippen LogP contribution in [-0.4, -0.2) is 54.9 Å². The van der Waals surface area contributed by atoms with Gasteiger partial charge < -0.3 is 15.0 Å². The highest BCUT2D eigenvalue weighted by atomic mass is 35.5. The second-order valence-corrected chi connectivity index (χ2v) is 4.64. The van der Waals surface area contributed by atoms with E-state index in [1.54, 1.807) is 4.90 Å². The molecule has 0 aromatic carbocycles. The lowest BCUT2D eigenvalue weighted by Crippen LogP contribution is -2.55. The minimum Gasteiger partial charge on any atom is -0.377 e. The average Bonchev–Trinajstić information content (AvgIpc) is 2.42. The van der Waals surface area contributed by atoms with E-state index in [1.807, 2.05) is 6.92 Å².